The fraction of sp³-hybridized carbons (Fsp3) is 0.400. The fourth-order valence-corrected chi connectivity index (χ4v) is 4.45. The van der Waals surface area contributed by atoms with Crippen LogP contribution in [0.25, 0.3) is 0 Å². The molecule has 2 aliphatic heterocycles. The summed E-state index contributed by atoms with van der Waals surface area (Å²) in [6, 6.07) is 19.3. The van der Waals surface area contributed by atoms with Crippen LogP contribution in [0.1, 0.15) is 30.4 Å². The van der Waals surface area contributed by atoms with Gasteiger partial charge in [-0.05, 0) is 49.1 Å². The van der Waals surface area contributed by atoms with Crippen LogP contribution in [0.2, 0.25) is 0 Å². The number of hydrogen-bond acceptors (Lipinski definition) is 3. The molecule has 0 radical (unpaired) electrons. The third kappa shape index (κ3) is 5.32. The minimum absolute atomic E-state index is 0.148. The summed E-state index contributed by atoms with van der Waals surface area (Å²) in [5.41, 5.74) is 2.45. The molecule has 31 heavy (non-hydrogen) atoms. The molecule has 4 amide bonds. The molecular formula is C25H29N3O3. The Morgan fingerprint density at radius 3 is 2.16 bits per heavy atom. The largest absolute Gasteiger partial charge is 0.341 e. The molecular weight excluding hydrogens is 390 g/mol. The topological polar surface area (TPSA) is 69.7 Å². The van der Waals surface area contributed by atoms with Gasteiger partial charge in [-0.25, -0.2) is 4.79 Å². The zero-order valence-corrected chi connectivity index (χ0v) is 17.7. The number of benzene rings is 2. The van der Waals surface area contributed by atoms with Crippen LogP contribution in [-0.2, 0) is 22.4 Å². The molecule has 6 nitrogen and oxygen atoms in total. The van der Waals surface area contributed by atoms with Crippen LogP contribution in [-0.4, -0.2) is 53.3 Å². The van der Waals surface area contributed by atoms with Gasteiger partial charge in [-0.2, -0.15) is 0 Å². The summed E-state index contributed by atoms with van der Waals surface area (Å²) in [5.74, 6) is 0.115. The first-order chi connectivity index (χ1) is 15.1. The molecule has 0 saturated carbocycles. The summed E-state index contributed by atoms with van der Waals surface area (Å²) in [6.45, 7) is 1.19. The van der Waals surface area contributed by atoms with E-state index in [4.69, 9.17) is 0 Å². The molecule has 2 fully saturated rings. The van der Waals surface area contributed by atoms with E-state index in [1.807, 2.05) is 36.4 Å². The highest BCUT2D eigenvalue weighted by atomic mass is 16.2. The second-order valence-corrected chi connectivity index (χ2v) is 8.46. The van der Waals surface area contributed by atoms with Crippen molar-refractivity contribution in [3.63, 3.8) is 0 Å². The second kappa shape index (κ2) is 9.77. The Balaban J connectivity index is 1.24. The molecule has 0 aliphatic carbocycles. The summed E-state index contributed by atoms with van der Waals surface area (Å²) in [4.78, 5) is 40.6. The number of urea groups is 1. The SMILES string of the molecule is O=C(CN1C(=O)NC(CCc2ccccc2)C1=O)N1CCC(Cc2ccccc2)CC1. The predicted octanol–water partition coefficient (Wildman–Crippen LogP) is 3.02. The first-order valence-corrected chi connectivity index (χ1v) is 11.1. The van der Waals surface area contributed by atoms with E-state index in [0.29, 0.717) is 31.8 Å². The van der Waals surface area contributed by atoms with E-state index < -0.39 is 12.1 Å². The molecule has 2 aromatic rings. The number of piperidine rings is 1. The number of hydrogen-bond donors (Lipinski definition) is 1. The maximum Gasteiger partial charge on any atom is 0.325 e. The molecule has 6 heteroatoms. The second-order valence-electron chi connectivity index (χ2n) is 8.46. The van der Waals surface area contributed by atoms with Crippen LogP contribution in [0.15, 0.2) is 60.7 Å². The van der Waals surface area contributed by atoms with Gasteiger partial charge in [0.2, 0.25) is 5.91 Å². The average Bonchev–Trinajstić information content (AvgIpc) is 3.07. The first-order valence-electron chi connectivity index (χ1n) is 11.1. The van der Waals surface area contributed by atoms with Crippen molar-refractivity contribution in [2.45, 2.75) is 38.1 Å². The van der Waals surface area contributed by atoms with E-state index in [2.05, 4.69) is 29.6 Å². The Kier molecular flexibility index (Phi) is 6.65. The van der Waals surface area contributed by atoms with Crippen molar-refractivity contribution < 1.29 is 14.4 Å². The van der Waals surface area contributed by atoms with E-state index in [0.717, 1.165) is 29.7 Å². The average molecular weight is 420 g/mol. The molecule has 1 atom stereocenters. The summed E-state index contributed by atoms with van der Waals surface area (Å²) >= 11 is 0. The quantitative estimate of drug-likeness (QED) is 0.702. The Hall–Kier alpha value is -3.15. The number of nitrogens with one attached hydrogen (secondary N) is 1. The summed E-state index contributed by atoms with van der Waals surface area (Å²) in [5, 5.41) is 2.73. The predicted molar refractivity (Wildman–Crippen MR) is 118 cm³/mol. The number of rotatable bonds is 7. The molecule has 0 aromatic heterocycles. The third-order valence-corrected chi connectivity index (χ3v) is 6.30. The third-order valence-electron chi connectivity index (χ3n) is 6.30. The molecule has 4 rings (SSSR count). The fourth-order valence-electron chi connectivity index (χ4n) is 4.45. The number of likely N-dealkylation sites (tertiary alicyclic amines) is 1. The van der Waals surface area contributed by atoms with E-state index >= 15 is 0 Å². The minimum atomic E-state index is -0.558. The van der Waals surface area contributed by atoms with Crippen LogP contribution in [0, 0.1) is 5.92 Å². The number of carbonyl (C=O) groups is 3. The Labute approximate surface area is 183 Å². The van der Waals surface area contributed by atoms with E-state index in [-0.39, 0.29) is 18.4 Å². The molecule has 2 saturated heterocycles. The van der Waals surface area contributed by atoms with Gasteiger partial charge in [0.05, 0.1) is 0 Å². The molecule has 0 spiro atoms. The van der Waals surface area contributed by atoms with E-state index in [1.165, 1.54) is 5.56 Å². The van der Waals surface area contributed by atoms with Gasteiger partial charge in [-0.1, -0.05) is 60.7 Å². The maximum absolute atomic E-state index is 12.7. The smallest absolute Gasteiger partial charge is 0.325 e. The van der Waals surface area contributed by atoms with Crippen molar-refractivity contribution in [2.75, 3.05) is 19.6 Å². The number of aryl methyl sites for hydroxylation is 1. The zero-order valence-electron chi connectivity index (χ0n) is 17.7. The van der Waals surface area contributed by atoms with Crippen molar-refractivity contribution in [3.05, 3.63) is 71.8 Å². The van der Waals surface area contributed by atoms with E-state index in [1.54, 1.807) is 4.90 Å². The Morgan fingerprint density at radius 2 is 1.52 bits per heavy atom. The zero-order chi connectivity index (χ0) is 21.6. The molecule has 1 unspecified atom stereocenters. The molecule has 1 N–H and O–H groups in total. The minimum Gasteiger partial charge on any atom is -0.341 e. The van der Waals surface area contributed by atoms with Crippen LogP contribution in [0.3, 0.4) is 0 Å². The molecule has 2 heterocycles. The lowest BCUT2D eigenvalue weighted by Gasteiger charge is -2.32. The van der Waals surface area contributed by atoms with Crippen molar-refractivity contribution in [3.8, 4) is 0 Å². The van der Waals surface area contributed by atoms with Gasteiger partial charge in [0, 0.05) is 13.1 Å². The lowest BCUT2D eigenvalue weighted by molar-refractivity contribution is -0.138. The molecule has 162 valence electrons. The maximum atomic E-state index is 12.7. The van der Waals surface area contributed by atoms with Crippen molar-refractivity contribution in [2.24, 2.45) is 5.92 Å². The normalized spacial score (nSPS) is 19.5. The van der Waals surface area contributed by atoms with Crippen molar-refractivity contribution >= 4 is 17.8 Å². The first kappa shape index (κ1) is 21.1. The highest BCUT2D eigenvalue weighted by Crippen LogP contribution is 2.22. The van der Waals surface area contributed by atoms with Gasteiger partial charge >= 0.3 is 6.03 Å². The standard InChI is InChI=1S/C25H29N3O3/c29-23(27-15-13-21(14-16-27)17-20-9-5-2-6-10-20)18-28-24(30)22(26-25(28)31)12-11-19-7-3-1-4-8-19/h1-10,21-22H,11-18H2,(H,26,31). The number of amides is 4. The molecule has 2 aromatic carbocycles. The van der Waals surface area contributed by atoms with Gasteiger partial charge in [0.1, 0.15) is 12.6 Å². The Morgan fingerprint density at radius 1 is 0.903 bits per heavy atom. The summed E-state index contributed by atoms with van der Waals surface area (Å²) < 4.78 is 0. The number of nitrogens with zero attached hydrogens (tertiary/aromatic N) is 2. The van der Waals surface area contributed by atoms with Gasteiger partial charge < -0.3 is 10.2 Å². The van der Waals surface area contributed by atoms with Gasteiger partial charge in [-0.3, -0.25) is 14.5 Å². The lowest BCUT2D eigenvalue weighted by Crippen LogP contribution is -2.46. The number of carbonyl (C=O) groups excluding carboxylic acids is 3. The van der Waals surface area contributed by atoms with Crippen LogP contribution < -0.4 is 5.32 Å². The molecule has 0 bridgehead atoms. The van der Waals surface area contributed by atoms with Gasteiger partial charge in [0.15, 0.2) is 0 Å². The van der Waals surface area contributed by atoms with Crippen molar-refractivity contribution in [1.82, 2.24) is 15.1 Å². The number of imide groups is 1. The van der Waals surface area contributed by atoms with Crippen LogP contribution in [0.4, 0.5) is 4.79 Å². The van der Waals surface area contributed by atoms with Gasteiger partial charge in [0.25, 0.3) is 5.91 Å². The van der Waals surface area contributed by atoms with Gasteiger partial charge in [-0.15, -0.1) is 0 Å². The Bertz CT molecular complexity index is 908. The lowest BCUT2D eigenvalue weighted by atomic mass is 9.90. The van der Waals surface area contributed by atoms with E-state index in [9.17, 15) is 14.4 Å². The van der Waals surface area contributed by atoms with Crippen LogP contribution >= 0.6 is 0 Å². The summed E-state index contributed by atoms with van der Waals surface area (Å²) in [7, 11) is 0. The monoisotopic (exact) mass is 419 g/mol. The molecule has 2 aliphatic rings. The highest BCUT2D eigenvalue weighted by molar-refractivity contribution is 6.06. The highest BCUT2D eigenvalue weighted by Gasteiger charge is 2.39. The van der Waals surface area contributed by atoms with Crippen LogP contribution in [0.5, 0.6) is 0 Å². The van der Waals surface area contributed by atoms with Crippen molar-refractivity contribution in [1.29, 1.82) is 0 Å². The summed E-state index contributed by atoms with van der Waals surface area (Å²) in [6.07, 6.45) is 4.15.